The van der Waals surface area contributed by atoms with Crippen LogP contribution in [0.25, 0.3) is 0 Å². The van der Waals surface area contributed by atoms with E-state index < -0.39 is 0 Å². The van der Waals surface area contributed by atoms with E-state index in [0.717, 1.165) is 16.3 Å². The molecule has 0 fully saturated rings. The molecule has 0 bridgehead atoms. The molecule has 0 unspecified atom stereocenters. The number of benzene rings is 1. The predicted octanol–water partition coefficient (Wildman–Crippen LogP) is 4.47. The average Bonchev–Trinajstić information content (AvgIpc) is 2.76. The molecule has 0 aliphatic rings. The van der Waals surface area contributed by atoms with Crippen LogP contribution in [0, 0.1) is 0 Å². The van der Waals surface area contributed by atoms with E-state index in [0.29, 0.717) is 29.2 Å². The lowest BCUT2D eigenvalue weighted by molar-refractivity contribution is 0.750. The highest BCUT2D eigenvalue weighted by atomic mass is 127. The van der Waals surface area contributed by atoms with E-state index in [2.05, 4.69) is 15.6 Å². The summed E-state index contributed by atoms with van der Waals surface area (Å²) in [5.74, 6) is 0.698. The second-order valence-corrected chi connectivity index (χ2v) is 5.94. The van der Waals surface area contributed by atoms with Crippen LogP contribution >= 0.6 is 58.8 Å². The quantitative estimate of drug-likeness (QED) is 0.380. The fraction of sp³-hybridized carbons (Fsp3) is 0.267. The van der Waals surface area contributed by atoms with E-state index in [1.165, 1.54) is 0 Å². The minimum absolute atomic E-state index is 0. The van der Waals surface area contributed by atoms with Gasteiger partial charge < -0.3 is 15.2 Å². The summed E-state index contributed by atoms with van der Waals surface area (Å²) >= 11 is 17.9. The van der Waals surface area contributed by atoms with Gasteiger partial charge in [-0.05, 0) is 23.8 Å². The molecule has 8 heteroatoms. The van der Waals surface area contributed by atoms with Crippen LogP contribution in [0.1, 0.15) is 11.3 Å². The van der Waals surface area contributed by atoms with E-state index in [9.17, 15) is 0 Å². The lowest BCUT2D eigenvalue weighted by Crippen LogP contribution is -2.36. The molecule has 2 N–H and O–H groups in total. The zero-order valence-electron chi connectivity index (χ0n) is 12.7. The number of nitrogens with zero attached hydrogens (tertiary/aromatic N) is 2. The van der Waals surface area contributed by atoms with E-state index in [1.807, 2.05) is 41.9 Å². The van der Waals surface area contributed by atoms with Crippen molar-refractivity contribution >= 4 is 64.7 Å². The van der Waals surface area contributed by atoms with E-state index in [-0.39, 0.29) is 24.0 Å². The first kappa shape index (κ1) is 20.4. The number of guanidine groups is 1. The summed E-state index contributed by atoms with van der Waals surface area (Å²) in [6.45, 7) is 1.23. The van der Waals surface area contributed by atoms with Crippen molar-refractivity contribution in [3.05, 3.63) is 56.8 Å². The van der Waals surface area contributed by atoms with Crippen LogP contribution in [0.2, 0.25) is 15.2 Å². The third kappa shape index (κ3) is 5.74. The maximum absolute atomic E-state index is 6.05. The van der Waals surface area contributed by atoms with Gasteiger partial charge in [0.2, 0.25) is 0 Å². The van der Waals surface area contributed by atoms with Crippen molar-refractivity contribution in [2.45, 2.75) is 13.1 Å². The molecule has 0 saturated heterocycles. The number of rotatable bonds is 4. The molecule has 0 radical (unpaired) electrons. The molecule has 126 valence electrons. The Morgan fingerprint density at radius 2 is 1.70 bits per heavy atom. The first-order valence-electron chi connectivity index (χ1n) is 6.70. The number of hydrogen-bond donors (Lipinski definition) is 2. The van der Waals surface area contributed by atoms with Crippen LogP contribution in [0.5, 0.6) is 0 Å². The van der Waals surface area contributed by atoms with Crippen molar-refractivity contribution in [2.75, 3.05) is 7.05 Å². The summed E-state index contributed by atoms with van der Waals surface area (Å²) in [4.78, 5) is 4.19. The van der Waals surface area contributed by atoms with Gasteiger partial charge in [0.25, 0.3) is 0 Å². The Hall–Kier alpha value is -0.630. The van der Waals surface area contributed by atoms with Gasteiger partial charge in [0.05, 0.1) is 11.6 Å². The highest BCUT2D eigenvalue weighted by molar-refractivity contribution is 14.0. The van der Waals surface area contributed by atoms with Crippen molar-refractivity contribution in [1.82, 2.24) is 15.2 Å². The van der Waals surface area contributed by atoms with Crippen LogP contribution in [0.4, 0.5) is 0 Å². The molecular formula is C15H18Cl3IN4. The first-order chi connectivity index (χ1) is 10.5. The monoisotopic (exact) mass is 486 g/mol. The second-order valence-electron chi connectivity index (χ2n) is 4.74. The summed E-state index contributed by atoms with van der Waals surface area (Å²) in [5, 5.41) is 8.26. The molecule has 0 aliphatic heterocycles. The first-order valence-corrected chi connectivity index (χ1v) is 7.83. The fourth-order valence-corrected chi connectivity index (χ4v) is 2.48. The van der Waals surface area contributed by atoms with Gasteiger partial charge in [0.1, 0.15) is 5.15 Å². The molecule has 1 aromatic carbocycles. The highest BCUT2D eigenvalue weighted by Crippen LogP contribution is 2.24. The van der Waals surface area contributed by atoms with Crippen molar-refractivity contribution in [1.29, 1.82) is 0 Å². The van der Waals surface area contributed by atoms with Crippen molar-refractivity contribution < 1.29 is 0 Å². The molecule has 4 nitrogen and oxygen atoms in total. The van der Waals surface area contributed by atoms with Gasteiger partial charge in [-0.25, -0.2) is 0 Å². The number of hydrogen-bond acceptors (Lipinski definition) is 1. The van der Waals surface area contributed by atoms with Crippen molar-refractivity contribution in [3.63, 3.8) is 0 Å². The molecule has 0 amide bonds. The Bertz CT molecular complexity index is 668. The third-order valence-electron chi connectivity index (χ3n) is 3.25. The maximum Gasteiger partial charge on any atom is 0.191 e. The van der Waals surface area contributed by atoms with Crippen LogP contribution in [-0.4, -0.2) is 17.6 Å². The van der Waals surface area contributed by atoms with Gasteiger partial charge in [-0.2, -0.15) is 0 Å². The zero-order valence-corrected chi connectivity index (χ0v) is 17.3. The Kier molecular flexibility index (Phi) is 8.53. The Labute approximate surface area is 168 Å². The van der Waals surface area contributed by atoms with Crippen LogP contribution in [-0.2, 0) is 20.1 Å². The van der Waals surface area contributed by atoms with Crippen LogP contribution < -0.4 is 10.6 Å². The van der Waals surface area contributed by atoms with Gasteiger partial charge in [0.15, 0.2) is 5.96 Å². The predicted molar refractivity (Wildman–Crippen MR) is 109 cm³/mol. The molecule has 1 aromatic heterocycles. The van der Waals surface area contributed by atoms with E-state index >= 15 is 0 Å². The summed E-state index contributed by atoms with van der Waals surface area (Å²) in [5.41, 5.74) is 2.10. The lowest BCUT2D eigenvalue weighted by Gasteiger charge is -2.12. The minimum atomic E-state index is 0. The minimum Gasteiger partial charge on any atom is -0.352 e. The highest BCUT2D eigenvalue weighted by Gasteiger charge is 2.09. The van der Waals surface area contributed by atoms with Crippen LogP contribution in [0.15, 0.2) is 35.3 Å². The number of aromatic nitrogens is 1. The summed E-state index contributed by atoms with van der Waals surface area (Å²) < 4.78 is 1.84. The Morgan fingerprint density at radius 1 is 1.09 bits per heavy atom. The van der Waals surface area contributed by atoms with E-state index in [4.69, 9.17) is 34.8 Å². The van der Waals surface area contributed by atoms with E-state index in [1.54, 1.807) is 7.05 Å². The normalized spacial score (nSPS) is 11.1. The molecule has 0 saturated carbocycles. The topological polar surface area (TPSA) is 41.4 Å². The Morgan fingerprint density at radius 3 is 2.22 bits per heavy atom. The number of nitrogens with one attached hydrogen (secondary N) is 2. The van der Waals surface area contributed by atoms with Gasteiger partial charge >= 0.3 is 0 Å². The lowest BCUT2D eigenvalue weighted by atomic mass is 10.2. The fourth-order valence-electron chi connectivity index (χ4n) is 1.94. The number of aliphatic imine (C=N–C) groups is 1. The largest absolute Gasteiger partial charge is 0.352 e. The van der Waals surface area contributed by atoms with Gasteiger partial charge in [-0.3, -0.25) is 4.99 Å². The molecular weight excluding hydrogens is 469 g/mol. The molecule has 2 aromatic rings. The maximum atomic E-state index is 6.05. The molecule has 0 atom stereocenters. The Balaban J connectivity index is 0.00000264. The average molecular weight is 488 g/mol. The standard InChI is InChI=1S/C15H17Cl3N4.HI/c1-19-15(20-8-10-3-5-11(16)6-4-10)21-9-12-7-13(17)14(18)22(12)2;/h3-7H,8-9H2,1-2H3,(H2,19,20,21);1H. The van der Waals surface area contributed by atoms with Crippen LogP contribution in [0.3, 0.4) is 0 Å². The van der Waals surface area contributed by atoms with Gasteiger partial charge in [-0.1, -0.05) is 46.9 Å². The summed E-state index contributed by atoms with van der Waals surface area (Å²) in [7, 11) is 3.59. The summed E-state index contributed by atoms with van der Waals surface area (Å²) in [6.07, 6.45) is 0. The molecule has 23 heavy (non-hydrogen) atoms. The third-order valence-corrected chi connectivity index (χ3v) is 4.34. The molecule has 0 spiro atoms. The molecule has 1 heterocycles. The molecule has 2 rings (SSSR count). The van der Waals surface area contributed by atoms with Crippen molar-refractivity contribution in [3.8, 4) is 0 Å². The summed E-state index contributed by atoms with van der Waals surface area (Å²) in [6, 6.07) is 9.51. The smallest absolute Gasteiger partial charge is 0.191 e. The SMILES string of the molecule is CN=C(NCc1ccc(Cl)cc1)NCc1cc(Cl)c(Cl)n1C.I. The van der Waals surface area contributed by atoms with Crippen molar-refractivity contribution in [2.24, 2.45) is 12.0 Å². The molecule has 0 aliphatic carbocycles. The van der Waals surface area contributed by atoms with Gasteiger partial charge in [0, 0.05) is 31.4 Å². The number of halogens is 4. The zero-order chi connectivity index (χ0) is 16.1. The second kappa shape index (κ2) is 9.61. The van der Waals surface area contributed by atoms with Gasteiger partial charge in [-0.15, -0.1) is 24.0 Å².